The molecule has 1 aromatic heterocycles. The second-order valence-corrected chi connectivity index (χ2v) is 4.41. The lowest BCUT2D eigenvalue weighted by Crippen LogP contribution is -2.17. The number of fused-ring (bicyclic) bond motifs is 1. The van der Waals surface area contributed by atoms with Crippen molar-refractivity contribution in [3.05, 3.63) is 54.7 Å². The Morgan fingerprint density at radius 3 is 2.36 bits per heavy atom. The third-order valence-corrected chi connectivity index (χ3v) is 2.82. The van der Waals surface area contributed by atoms with Crippen LogP contribution < -0.4 is 10.1 Å². The molecule has 0 spiro atoms. The normalized spacial score (nSPS) is 11.4. The highest BCUT2D eigenvalue weighted by Gasteiger charge is 2.32. The second-order valence-electron chi connectivity index (χ2n) is 4.41. The van der Waals surface area contributed by atoms with E-state index in [9.17, 15) is 13.2 Å². The molecule has 0 aliphatic heterocycles. The third kappa shape index (κ3) is 3.25. The molecule has 2 aromatic carbocycles. The quantitative estimate of drug-likeness (QED) is 0.785. The number of ether oxygens (including phenoxy) is 1. The van der Waals surface area contributed by atoms with Gasteiger partial charge in [-0.1, -0.05) is 24.3 Å². The summed E-state index contributed by atoms with van der Waals surface area (Å²) in [6.07, 6.45) is -3.31. The summed E-state index contributed by atoms with van der Waals surface area (Å²) in [6.45, 7) is 0. The molecule has 0 fully saturated rings. The SMILES string of the molecule is FC(F)(F)Oc1ccccc1Nc1cnc2ccccc2n1. The van der Waals surface area contributed by atoms with Gasteiger partial charge in [-0.2, -0.15) is 0 Å². The summed E-state index contributed by atoms with van der Waals surface area (Å²) in [5.41, 5.74) is 1.50. The Morgan fingerprint density at radius 1 is 0.909 bits per heavy atom. The molecule has 0 bridgehead atoms. The Kier molecular flexibility index (Phi) is 3.54. The fourth-order valence-corrected chi connectivity index (χ4v) is 1.94. The van der Waals surface area contributed by atoms with Crippen LogP contribution in [-0.2, 0) is 0 Å². The standard InChI is InChI=1S/C15H10F3N3O/c16-15(17,18)22-13-8-4-3-7-12(13)21-14-9-19-10-5-1-2-6-11(10)20-14/h1-9H,(H,20,21). The third-order valence-electron chi connectivity index (χ3n) is 2.82. The first-order valence-corrected chi connectivity index (χ1v) is 6.35. The maximum atomic E-state index is 12.4. The van der Waals surface area contributed by atoms with Gasteiger partial charge in [-0.15, -0.1) is 13.2 Å². The predicted molar refractivity (Wildman–Crippen MR) is 75.9 cm³/mol. The Hall–Kier alpha value is -2.83. The van der Waals surface area contributed by atoms with E-state index in [0.29, 0.717) is 16.9 Å². The van der Waals surface area contributed by atoms with Crippen molar-refractivity contribution in [3.63, 3.8) is 0 Å². The Bertz CT molecular complexity index is 805. The molecule has 112 valence electrons. The molecule has 0 saturated heterocycles. The average Bonchev–Trinajstić information content (AvgIpc) is 2.48. The molecule has 3 rings (SSSR count). The number of hydrogen-bond acceptors (Lipinski definition) is 4. The summed E-state index contributed by atoms with van der Waals surface area (Å²) >= 11 is 0. The van der Waals surface area contributed by atoms with Crippen LogP contribution in [0.2, 0.25) is 0 Å². The molecule has 0 atom stereocenters. The molecule has 7 heteroatoms. The molecule has 4 nitrogen and oxygen atoms in total. The van der Waals surface area contributed by atoms with Crippen LogP contribution in [-0.4, -0.2) is 16.3 Å². The molecule has 0 aliphatic rings. The molecule has 0 amide bonds. The van der Waals surface area contributed by atoms with Crippen LogP contribution in [0.15, 0.2) is 54.7 Å². The maximum Gasteiger partial charge on any atom is 0.573 e. The first-order chi connectivity index (χ1) is 10.5. The predicted octanol–water partition coefficient (Wildman–Crippen LogP) is 4.27. The van der Waals surface area contributed by atoms with Crippen LogP contribution in [0.3, 0.4) is 0 Å². The van der Waals surface area contributed by atoms with Gasteiger partial charge in [0, 0.05) is 0 Å². The zero-order chi connectivity index (χ0) is 15.6. The van der Waals surface area contributed by atoms with Crippen LogP contribution >= 0.6 is 0 Å². The number of nitrogens with zero attached hydrogens (tertiary/aromatic N) is 2. The van der Waals surface area contributed by atoms with Crippen molar-refractivity contribution in [2.75, 3.05) is 5.32 Å². The molecule has 0 aliphatic carbocycles. The second kappa shape index (κ2) is 5.51. The van der Waals surface area contributed by atoms with Crippen molar-refractivity contribution in [1.82, 2.24) is 9.97 Å². The van der Waals surface area contributed by atoms with Gasteiger partial charge >= 0.3 is 6.36 Å². The van der Waals surface area contributed by atoms with E-state index in [0.717, 1.165) is 0 Å². The average molecular weight is 305 g/mol. The minimum Gasteiger partial charge on any atom is -0.404 e. The van der Waals surface area contributed by atoms with Gasteiger partial charge in [0.1, 0.15) is 5.82 Å². The zero-order valence-electron chi connectivity index (χ0n) is 11.1. The van der Waals surface area contributed by atoms with Gasteiger partial charge in [-0.25, -0.2) is 4.98 Å². The summed E-state index contributed by atoms with van der Waals surface area (Å²) < 4.78 is 41.2. The molecule has 1 N–H and O–H groups in total. The van der Waals surface area contributed by atoms with E-state index in [2.05, 4.69) is 20.0 Å². The van der Waals surface area contributed by atoms with Gasteiger partial charge in [-0.05, 0) is 24.3 Å². The number of rotatable bonds is 3. The van der Waals surface area contributed by atoms with Crippen LogP contribution in [0.1, 0.15) is 0 Å². The number of anilines is 2. The highest BCUT2D eigenvalue weighted by atomic mass is 19.4. The summed E-state index contributed by atoms with van der Waals surface area (Å²) in [5.74, 6) is 0.00174. The summed E-state index contributed by atoms with van der Waals surface area (Å²) in [4.78, 5) is 8.49. The Balaban J connectivity index is 1.91. The zero-order valence-corrected chi connectivity index (χ0v) is 11.1. The van der Waals surface area contributed by atoms with E-state index in [4.69, 9.17) is 0 Å². The summed E-state index contributed by atoms with van der Waals surface area (Å²) in [7, 11) is 0. The number of hydrogen-bond donors (Lipinski definition) is 1. The highest BCUT2D eigenvalue weighted by Crippen LogP contribution is 2.31. The van der Waals surface area contributed by atoms with Gasteiger partial charge in [0.2, 0.25) is 0 Å². The minimum absolute atomic E-state index is 0.157. The first-order valence-electron chi connectivity index (χ1n) is 6.35. The van der Waals surface area contributed by atoms with Crippen molar-refractivity contribution in [2.24, 2.45) is 0 Å². The largest absolute Gasteiger partial charge is 0.573 e. The highest BCUT2D eigenvalue weighted by molar-refractivity contribution is 5.76. The number of benzene rings is 2. The van der Waals surface area contributed by atoms with Gasteiger partial charge in [0.25, 0.3) is 0 Å². The topological polar surface area (TPSA) is 47.0 Å². The summed E-state index contributed by atoms with van der Waals surface area (Å²) in [6, 6.07) is 13.0. The Labute approximate surface area is 123 Å². The van der Waals surface area contributed by atoms with Crippen molar-refractivity contribution >= 4 is 22.5 Å². The summed E-state index contributed by atoms with van der Waals surface area (Å²) in [5, 5.41) is 2.79. The first kappa shape index (κ1) is 14.1. The number of halogens is 3. The molecule has 1 heterocycles. The van der Waals surface area contributed by atoms with E-state index < -0.39 is 6.36 Å². The van der Waals surface area contributed by atoms with E-state index >= 15 is 0 Å². The smallest absolute Gasteiger partial charge is 0.404 e. The van der Waals surface area contributed by atoms with Crippen molar-refractivity contribution in [2.45, 2.75) is 6.36 Å². The van der Waals surface area contributed by atoms with Gasteiger partial charge in [-0.3, -0.25) is 4.98 Å². The number of para-hydroxylation sites is 4. The lowest BCUT2D eigenvalue weighted by atomic mass is 10.3. The monoisotopic (exact) mass is 305 g/mol. The lowest BCUT2D eigenvalue weighted by molar-refractivity contribution is -0.274. The number of aromatic nitrogens is 2. The van der Waals surface area contributed by atoms with Crippen LogP contribution in [0.4, 0.5) is 24.7 Å². The van der Waals surface area contributed by atoms with Crippen LogP contribution in [0, 0.1) is 0 Å². The number of nitrogens with one attached hydrogen (secondary N) is 1. The van der Waals surface area contributed by atoms with E-state index in [-0.39, 0.29) is 11.4 Å². The van der Waals surface area contributed by atoms with Crippen molar-refractivity contribution in [3.8, 4) is 5.75 Å². The van der Waals surface area contributed by atoms with E-state index in [1.54, 1.807) is 18.2 Å². The molecule has 0 saturated carbocycles. The van der Waals surface area contributed by atoms with E-state index in [1.807, 2.05) is 12.1 Å². The minimum atomic E-state index is -4.76. The molecular formula is C15H10F3N3O. The fourth-order valence-electron chi connectivity index (χ4n) is 1.94. The van der Waals surface area contributed by atoms with Crippen LogP contribution in [0.25, 0.3) is 11.0 Å². The lowest BCUT2D eigenvalue weighted by Gasteiger charge is -2.14. The molecule has 0 unspecified atom stereocenters. The number of alkyl halides is 3. The molecular weight excluding hydrogens is 295 g/mol. The van der Waals surface area contributed by atoms with Crippen molar-refractivity contribution < 1.29 is 17.9 Å². The van der Waals surface area contributed by atoms with Crippen molar-refractivity contribution in [1.29, 1.82) is 0 Å². The van der Waals surface area contributed by atoms with Gasteiger partial charge in [0.15, 0.2) is 5.75 Å². The Morgan fingerprint density at radius 2 is 1.59 bits per heavy atom. The van der Waals surface area contributed by atoms with Crippen LogP contribution in [0.5, 0.6) is 5.75 Å². The van der Waals surface area contributed by atoms with E-state index in [1.165, 1.54) is 24.4 Å². The van der Waals surface area contributed by atoms with Gasteiger partial charge in [0.05, 0.1) is 22.9 Å². The van der Waals surface area contributed by atoms with Gasteiger partial charge < -0.3 is 10.1 Å². The fraction of sp³-hybridized carbons (Fsp3) is 0.0667. The molecule has 0 radical (unpaired) electrons. The maximum absolute atomic E-state index is 12.4. The molecule has 3 aromatic rings. The molecule has 22 heavy (non-hydrogen) atoms.